The summed E-state index contributed by atoms with van der Waals surface area (Å²) < 4.78 is 40.9. The van der Waals surface area contributed by atoms with Gasteiger partial charge in [0.05, 0.1) is 11.9 Å². The Morgan fingerprint density at radius 2 is 1.95 bits per heavy atom. The zero-order valence-corrected chi connectivity index (χ0v) is 10.3. The van der Waals surface area contributed by atoms with Crippen molar-refractivity contribution < 1.29 is 27.8 Å². The van der Waals surface area contributed by atoms with E-state index >= 15 is 0 Å². The molecular weight excluding hydrogens is 291 g/mol. The minimum atomic E-state index is -4.88. The molecule has 2 rings (SSSR count). The molecule has 0 saturated carbocycles. The normalized spacial score (nSPS) is 11.2. The van der Waals surface area contributed by atoms with E-state index < -0.39 is 23.8 Å². The fraction of sp³-hybridized carbons (Fsp3) is 0.0833. The molecular formula is C12H8F3N3O3. The number of carbonyl (C=O) groups is 1. The molecule has 0 amide bonds. The number of anilines is 1. The number of nitrogens with two attached hydrogens (primary N) is 1. The Labute approximate surface area is 116 Å². The van der Waals surface area contributed by atoms with Gasteiger partial charge in [-0.15, -0.1) is 13.2 Å². The minimum absolute atomic E-state index is 0.0511. The number of carboxylic acids is 1. The molecule has 6 nitrogen and oxygen atoms in total. The number of hydrogen-bond acceptors (Lipinski definition) is 5. The lowest BCUT2D eigenvalue weighted by Gasteiger charge is -2.13. The third kappa shape index (κ3) is 3.38. The fourth-order valence-corrected chi connectivity index (χ4v) is 1.58. The number of carboxylic acid groups (broad SMARTS) is 1. The molecule has 0 atom stereocenters. The van der Waals surface area contributed by atoms with Gasteiger partial charge in [-0.3, -0.25) is 0 Å². The van der Waals surface area contributed by atoms with Crippen LogP contribution in [0.1, 0.15) is 10.5 Å². The summed E-state index contributed by atoms with van der Waals surface area (Å²) in [5, 5.41) is 8.90. The van der Waals surface area contributed by atoms with Gasteiger partial charge < -0.3 is 15.6 Å². The van der Waals surface area contributed by atoms with E-state index in [-0.39, 0.29) is 17.1 Å². The average molecular weight is 299 g/mol. The second-order valence-electron chi connectivity index (χ2n) is 3.84. The third-order valence-corrected chi connectivity index (χ3v) is 2.39. The summed E-state index contributed by atoms with van der Waals surface area (Å²) in [6.07, 6.45) is -3.81. The largest absolute Gasteiger partial charge is 0.573 e. The molecule has 3 N–H and O–H groups in total. The van der Waals surface area contributed by atoms with Crippen LogP contribution in [0, 0.1) is 0 Å². The van der Waals surface area contributed by atoms with Gasteiger partial charge in [0.2, 0.25) is 0 Å². The molecule has 0 aliphatic carbocycles. The Balaban J connectivity index is 2.52. The molecule has 0 radical (unpaired) electrons. The Kier molecular flexibility index (Phi) is 3.66. The summed E-state index contributed by atoms with van der Waals surface area (Å²) in [7, 11) is 0. The highest BCUT2D eigenvalue weighted by Gasteiger charge is 2.32. The molecule has 0 bridgehead atoms. The monoisotopic (exact) mass is 299 g/mol. The number of alkyl halides is 3. The SMILES string of the molecule is Nc1ncc(-c2ccccc2OC(F)(F)F)nc1C(=O)O. The highest BCUT2D eigenvalue weighted by atomic mass is 19.4. The number of benzene rings is 1. The van der Waals surface area contributed by atoms with Crippen LogP contribution in [0.4, 0.5) is 19.0 Å². The fourth-order valence-electron chi connectivity index (χ4n) is 1.58. The van der Waals surface area contributed by atoms with Crippen LogP contribution in [0.25, 0.3) is 11.3 Å². The molecule has 1 aromatic heterocycles. The molecule has 0 fully saturated rings. The van der Waals surface area contributed by atoms with E-state index in [1.54, 1.807) is 0 Å². The van der Waals surface area contributed by atoms with Crippen molar-refractivity contribution in [1.29, 1.82) is 0 Å². The van der Waals surface area contributed by atoms with Gasteiger partial charge in [0.25, 0.3) is 0 Å². The van der Waals surface area contributed by atoms with Gasteiger partial charge >= 0.3 is 12.3 Å². The first-order chi connectivity index (χ1) is 9.78. The summed E-state index contributed by atoms with van der Waals surface area (Å²) in [5.41, 5.74) is 4.65. The molecule has 0 aliphatic heterocycles. The quantitative estimate of drug-likeness (QED) is 0.902. The summed E-state index contributed by atoms with van der Waals surface area (Å²) in [6.45, 7) is 0. The lowest BCUT2D eigenvalue weighted by atomic mass is 10.1. The first kappa shape index (κ1) is 14.6. The van der Waals surface area contributed by atoms with Crippen LogP contribution >= 0.6 is 0 Å². The van der Waals surface area contributed by atoms with E-state index in [0.717, 1.165) is 12.3 Å². The summed E-state index contributed by atoms with van der Waals surface area (Å²) in [4.78, 5) is 18.2. The number of nitrogens with zero attached hydrogens (tertiary/aromatic N) is 2. The topological polar surface area (TPSA) is 98.3 Å². The van der Waals surface area contributed by atoms with Crippen molar-refractivity contribution in [3.8, 4) is 17.0 Å². The molecule has 9 heteroatoms. The van der Waals surface area contributed by atoms with Gasteiger partial charge in [0.15, 0.2) is 11.5 Å². The van der Waals surface area contributed by atoms with Crippen molar-refractivity contribution in [1.82, 2.24) is 9.97 Å². The standard InChI is InChI=1S/C12H8F3N3O3/c13-12(14,15)21-8-4-2-1-3-6(8)7-5-17-10(16)9(18-7)11(19)20/h1-5H,(H2,16,17)(H,19,20). The van der Waals surface area contributed by atoms with Gasteiger partial charge in [-0.25, -0.2) is 14.8 Å². The van der Waals surface area contributed by atoms with E-state index in [4.69, 9.17) is 10.8 Å². The maximum Gasteiger partial charge on any atom is 0.573 e. The lowest BCUT2D eigenvalue weighted by molar-refractivity contribution is -0.274. The van der Waals surface area contributed by atoms with Gasteiger partial charge in [-0.1, -0.05) is 12.1 Å². The van der Waals surface area contributed by atoms with Crippen LogP contribution in [-0.2, 0) is 0 Å². The second kappa shape index (κ2) is 5.27. The van der Waals surface area contributed by atoms with Crippen LogP contribution in [0.15, 0.2) is 30.5 Å². The molecule has 110 valence electrons. The molecule has 2 aromatic rings. The predicted molar refractivity (Wildman–Crippen MR) is 65.5 cm³/mol. The maximum absolute atomic E-state index is 12.3. The van der Waals surface area contributed by atoms with E-state index in [1.165, 1.54) is 18.2 Å². The minimum Gasteiger partial charge on any atom is -0.476 e. The first-order valence-corrected chi connectivity index (χ1v) is 5.49. The Morgan fingerprint density at radius 3 is 2.57 bits per heavy atom. The molecule has 1 aromatic carbocycles. The van der Waals surface area contributed by atoms with Crippen molar-refractivity contribution in [2.24, 2.45) is 0 Å². The number of ether oxygens (including phenoxy) is 1. The number of hydrogen-bond donors (Lipinski definition) is 2. The van der Waals surface area contributed by atoms with Crippen molar-refractivity contribution in [2.75, 3.05) is 5.73 Å². The van der Waals surface area contributed by atoms with Crippen molar-refractivity contribution in [3.63, 3.8) is 0 Å². The van der Waals surface area contributed by atoms with E-state index in [1.807, 2.05) is 0 Å². The van der Waals surface area contributed by atoms with Crippen LogP contribution in [0.3, 0.4) is 0 Å². The zero-order valence-electron chi connectivity index (χ0n) is 10.3. The van der Waals surface area contributed by atoms with Crippen LogP contribution in [0.2, 0.25) is 0 Å². The number of aromatic carboxylic acids is 1. The second-order valence-corrected chi connectivity index (χ2v) is 3.84. The first-order valence-electron chi connectivity index (χ1n) is 5.49. The average Bonchev–Trinajstić information content (AvgIpc) is 2.38. The van der Waals surface area contributed by atoms with Crippen LogP contribution in [0.5, 0.6) is 5.75 Å². The number of para-hydroxylation sites is 1. The molecule has 0 aliphatic rings. The van der Waals surface area contributed by atoms with E-state index in [2.05, 4.69) is 14.7 Å². The number of halogens is 3. The Hall–Kier alpha value is -2.84. The smallest absolute Gasteiger partial charge is 0.476 e. The number of aromatic nitrogens is 2. The molecule has 0 spiro atoms. The van der Waals surface area contributed by atoms with Gasteiger partial charge in [0, 0.05) is 5.56 Å². The van der Waals surface area contributed by atoms with Crippen molar-refractivity contribution in [2.45, 2.75) is 6.36 Å². The zero-order chi connectivity index (χ0) is 15.6. The van der Waals surface area contributed by atoms with Crippen molar-refractivity contribution in [3.05, 3.63) is 36.2 Å². The van der Waals surface area contributed by atoms with Gasteiger partial charge in [0.1, 0.15) is 5.75 Å². The third-order valence-electron chi connectivity index (χ3n) is 2.39. The molecule has 0 saturated heterocycles. The van der Waals surface area contributed by atoms with E-state index in [9.17, 15) is 18.0 Å². The van der Waals surface area contributed by atoms with E-state index in [0.29, 0.717) is 0 Å². The highest BCUT2D eigenvalue weighted by Crippen LogP contribution is 2.32. The van der Waals surface area contributed by atoms with Crippen molar-refractivity contribution >= 4 is 11.8 Å². The molecule has 21 heavy (non-hydrogen) atoms. The summed E-state index contributed by atoms with van der Waals surface area (Å²) in [6, 6.07) is 5.18. The van der Waals surface area contributed by atoms with Gasteiger partial charge in [-0.2, -0.15) is 0 Å². The predicted octanol–water partition coefficient (Wildman–Crippen LogP) is 2.32. The number of nitrogen functional groups attached to an aromatic ring is 1. The lowest BCUT2D eigenvalue weighted by Crippen LogP contribution is -2.17. The molecule has 1 heterocycles. The summed E-state index contributed by atoms with van der Waals surface area (Å²) in [5.74, 6) is -2.28. The van der Waals surface area contributed by atoms with Crippen LogP contribution < -0.4 is 10.5 Å². The summed E-state index contributed by atoms with van der Waals surface area (Å²) >= 11 is 0. The Bertz CT molecular complexity index is 689. The molecule has 0 unspecified atom stereocenters. The maximum atomic E-state index is 12.3. The Morgan fingerprint density at radius 1 is 1.29 bits per heavy atom. The van der Waals surface area contributed by atoms with Crippen LogP contribution in [-0.4, -0.2) is 27.4 Å². The number of rotatable bonds is 3. The highest BCUT2D eigenvalue weighted by molar-refractivity contribution is 5.91. The van der Waals surface area contributed by atoms with Gasteiger partial charge in [-0.05, 0) is 12.1 Å².